The van der Waals surface area contributed by atoms with Crippen LogP contribution >= 0.6 is 0 Å². The first-order valence-electron chi connectivity index (χ1n) is 10.3. The topological polar surface area (TPSA) is 26.8 Å². The summed E-state index contributed by atoms with van der Waals surface area (Å²) in [6, 6.07) is 0. The predicted molar refractivity (Wildman–Crippen MR) is 99.1 cm³/mol. The molecule has 0 saturated carbocycles. The lowest BCUT2D eigenvalue weighted by Gasteiger charge is -2.47. The number of hydrogen-bond acceptors (Lipinski definition) is 3. The maximum Gasteiger partial charge on any atom is 0.219 e. The van der Waals surface area contributed by atoms with Crippen molar-refractivity contribution in [2.45, 2.75) is 58.8 Å². The number of likely N-dealkylation sites (tertiary alicyclic amines) is 3. The fraction of sp³-hybridized carbons (Fsp3) is 0.950. The molecule has 4 nitrogen and oxygen atoms in total. The van der Waals surface area contributed by atoms with Gasteiger partial charge in [0.1, 0.15) is 0 Å². The number of amides is 1. The highest BCUT2D eigenvalue weighted by Crippen LogP contribution is 2.41. The van der Waals surface area contributed by atoms with E-state index in [1.165, 1.54) is 84.2 Å². The van der Waals surface area contributed by atoms with Crippen LogP contribution in [0, 0.1) is 11.3 Å². The molecule has 3 rings (SSSR count). The van der Waals surface area contributed by atoms with Gasteiger partial charge in [-0.25, -0.2) is 0 Å². The molecule has 3 aliphatic heterocycles. The first kappa shape index (κ1) is 18.2. The van der Waals surface area contributed by atoms with Crippen molar-refractivity contribution in [3.8, 4) is 0 Å². The summed E-state index contributed by atoms with van der Waals surface area (Å²) in [7, 11) is 0. The van der Waals surface area contributed by atoms with Crippen LogP contribution in [0.2, 0.25) is 0 Å². The molecule has 3 heterocycles. The lowest BCUT2D eigenvalue weighted by molar-refractivity contribution is -0.131. The van der Waals surface area contributed by atoms with E-state index in [0.717, 1.165) is 19.0 Å². The zero-order valence-electron chi connectivity index (χ0n) is 15.9. The van der Waals surface area contributed by atoms with Gasteiger partial charge in [0.2, 0.25) is 5.91 Å². The standard InChI is InChI=1S/C20H37N3O/c1-18-4-12-21(13-5-18)10-3-11-22-14-6-20(7-15-22)8-16-23(17-9-20)19(2)24/h18H,3-17H2,1-2H3. The van der Waals surface area contributed by atoms with Gasteiger partial charge < -0.3 is 14.7 Å². The predicted octanol–water partition coefficient (Wildman–Crippen LogP) is 2.83. The molecular weight excluding hydrogens is 298 g/mol. The van der Waals surface area contributed by atoms with Crippen molar-refractivity contribution in [2.24, 2.45) is 11.3 Å². The van der Waals surface area contributed by atoms with Crippen LogP contribution in [-0.4, -0.2) is 73.0 Å². The van der Waals surface area contributed by atoms with E-state index in [0.29, 0.717) is 5.41 Å². The molecule has 0 bridgehead atoms. The molecule has 0 atom stereocenters. The molecule has 0 aliphatic carbocycles. The molecule has 3 fully saturated rings. The van der Waals surface area contributed by atoms with E-state index in [2.05, 4.69) is 16.7 Å². The van der Waals surface area contributed by atoms with Gasteiger partial charge in [-0.3, -0.25) is 4.79 Å². The van der Waals surface area contributed by atoms with Gasteiger partial charge in [0.15, 0.2) is 0 Å². The lowest BCUT2D eigenvalue weighted by atomic mass is 9.71. The molecule has 24 heavy (non-hydrogen) atoms. The third-order valence-electron chi connectivity index (χ3n) is 7.01. The van der Waals surface area contributed by atoms with E-state index in [9.17, 15) is 4.79 Å². The van der Waals surface area contributed by atoms with Gasteiger partial charge in [-0.15, -0.1) is 0 Å². The smallest absolute Gasteiger partial charge is 0.219 e. The molecule has 3 aliphatic rings. The Kier molecular flexibility index (Phi) is 6.20. The highest BCUT2D eigenvalue weighted by molar-refractivity contribution is 5.73. The van der Waals surface area contributed by atoms with Gasteiger partial charge in [0.25, 0.3) is 0 Å². The monoisotopic (exact) mass is 335 g/mol. The zero-order valence-corrected chi connectivity index (χ0v) is 15.9. The normalized spacial score (nSPS) is 26.8. The molecule has 3 saturated heterocycles. The van der Waals surface area contributed by atoms with Gasteiger partial charge in [-0.1, -0.05) is 6.92 Å². The van der Waals surface area contributed by atoms with E-state index in [1.807, 2.05) is 4.90 Å². The second kappa shape index (κ2) is 8.18. The summed E-state index contributed by atoms with van der Waals surface area (Å²) in [6.07, 6.45) is 9.27. The number of nitrogens with zero attached hydrogens (tertiary/aromatic N) is 3. The summed E-state index contributed by atoms with van der Waals surface area (Å²) in [5, 5.41) is 0. The molecule has 138 valence electrons. The Morgan fingerprint density at radius 1 is 0.875 bits per heavy atom. The van der Waals surface area contributed by atoms with Crippen molar-refractivity contribution in [1.29, 1.82) is 0 Å². The summed E-state index contributed by atoms with van der Waals surface area (Å²) >= 11 is 0. The third kappa shape index (κ3) is 4.72. The number of hydrogen-bond donors (Lipinski definition) is 0. The Morgan fingerprint density at radius 2 is 1.38 bits per heavy atom. The van der Waals surface area contributed by atoms with E-state index in [4.69, 9.17) is 0 Å². The average molecular weight is 336 g/mol. The number of rotatable bonds is 4. The molecule has 0 aromatic carbocycles. The minimum Gasteiger partial charge on any atom is -0.343 e. The highest BCUT2D eigenvalue weighted by atomic mass is 16.2. The van der Waals surface area contributed by atoms with Crippen molar-refractivity contribution >= 4 is 5.91 Å². The van der Waals surface area contributed by atoms with Crippen LogP contribution in [0.3, 0.4) is 0 Å². The van der Waals surface area contributed by atoms with Gasteiger partial charge in [-0.2, -0.15) is 0 Å². The molecule has 0 N–H and O–H groups in total. The Morgan fingerprint density at radius 3 is 1.92 bits per heavy atom. The van der Waals surface area contributed by atoms with Crippen molar-refractivity contribution in [2.75, 3.05) is 52.4 Å². The Hall–Kier alpha value is -0.610. The van der Waals surface area contributed by atoms with Crippen LogP contribution in [-0.2, 0) is 4.79 Å². The van der Waals surface area contributed by atoms with Crippen molar-refractivity contribution in [3.63, 3.8) is 0 Å². The molecule has 0 aromatic heterocycles. The highest BCUT2D eigenvalue weighted by Gasteiger charge is 2.37. The minimum absolute atomic E-state index is 0.259. The van der Waals surface area contributed by atoms with Gasteiger partial charge in [0.05, 0.1) is 0 Å². The fourth-order valence-electron chi connectivity index (χ4n) is 4.85. The molecule has 4 heteroatoms. The second-order valence-electron chi connectivity index (χ2n) is 8.73. The third-order valence-corrected chi connectivity index (χ3v) is 7.01. The Balaban J connectivity index is 1.32. The quantitative estimate of drug-likeness (QED) is 0.790. The summed E-state index contributed by atoms with van der Waals surface area (Å²) in [5.74, 6) is 1.20. The summed E-state index contributed by atoms with van der Waals surface area (Å²) in [4.78, 5) is 18.9. The van der Waals surface area contributed by atoms with Crippen LogP contribution in [0.15, 0.2) is 0 Å². The van der Waals surface area contributed by atoms with Gasteiger partial charge in [-0.05, 0) is 95.5 Å². The number of carbonyl (C=O) groups excluding carboxylic acids is 1. The van der Waals surface area contributed by atoms with Crippen LogP contribution in [0.25, 0.3) is 0 Å². The summed E-state index contributed by atoms with van der Waals surface area (Å²) in [6.45, 7) is 13.8. The largest absolute Gasteiger partial charge is 0.343 e. The SMILES string of the molecule is CC(=O)N1CCC2(CCN(CCCN3CCC(C)CC3)CC2)CC1. The van der Waals surface area contributed by atoms with Crippen LogP contribution < -0.4 is 0 Å². The van der Waals surface area contributed by atoms with Crippen LogP contribution in [0.4, 0.5) is 0 Å². The van der Waals surface area contributed by atoms with Crippen molar-refractivity contribution < 1.29 is 4.79 Å². The molecular formula is C20H37N3O. The summed E-state index contributed by atoms with van der Waals surface area (Å²) in [5.41, 5.74) is 0.547. The Bertz CT molecular complexity index is 399. The fourth-order valence-corrected chi connectivity index (χ4v) is 4.85. The summed E-state index contributed by atoms with van der Waals surface area (Å²) < 4.78 is 0. The molecule has 0 radical (unpaired) electrons. The first-order valence-corrected chi connectivity index (χ1v) is 10.3. The molecule has 1 spiro atoms. The lowest BCUT2D eigenvalue weighted by Crippen LogP contribution is -2.48. The average Bonchev–Trinajstić information content (AvgIpc) is 2.59. The second-order valence-corrected chi connectivity index (χ2v) is 8.73. The van der Waals surface area contributed by atoms with Gasteiger partial charge >= 0.3 is 0 Å². The molecule has 0 unspecified atom stereocenters. The van der Waals surface area contributed by atoms with E-state index >= 15 is 0 Å². The molecule has 1 amide bonds. The zero-order chi connectivity index (χ0) is 17.0. The molecule has 0 aromatic rings. The van der Waals surface area contributed by atoms with E-state index in [-0.39, 0.29) is 5.91 Å². The van der Waals surface area contributed by atoms with Crippen molar-refractivity contribution in [1.82, 2.24) is 14.7 Å². The first-order chi connectivity index (χ1) is 11.6. The minimum atomic E-state index is 0.259. The maximum atomic E-state index is 11.5. The van der Waals surface area contributed by atoms with Gasteiger partial charge in [0, 0.05) is 20.0 Å². The van der Waals surface area contributed by atoms with Crippen LogP contribution in [0.1, 0.15) is 58.8 Å². The van der Waals surface area contributed by atoms with Crippen LogP contribution in [0.5, 0.6) is 0 Å². The maximum absolute atomic E-state index is 11.5. The van der Waals surface area contributed by atoms with E-state index < -0.39 is 0 Å². The van der Waals surface area contributed by atoms with E-state index in [1.54, 1.807) is 6.92 Å². The number of carbonyl (C=O) groups is 1. The number of piperidine rings is 3. The Labute approximate surface area is 148 Å². The van der Waals surface area contributed by atoms with Crippen molar-refractivity contribution in [3.05, 3.63) is 0 Å².